The van der Waals surface area contributed by atoms with Crippen LogP contribution in [0.1, 0.15) is 42.6 Å². The first-order chi connectivity index (χ1) is 9.39. The van der Waals surface area contributed by atoms with Gasteiger partial charge in [-0.25, -0.2) is 0 Å². The van der Waals surface area contributed by atoms with E-state index in [1.165, 1.54) is 18.2 Å². The number of nitro groups is 1. The van der Waals surface area contributed by atoms with Crippen LogP contribution in [0.15, 0.2) is 18.2 Å². The van der Waals surface area contributed by atoms with Crippen molar-refractivity contribution in [1.82, 2.24) is 5.32 Å². The van der Waals surface area contributed by atoms with Crippen LogP contribution in [0.3, 0.4) is 0 Å². The lowest BCUT2D eigenvalue weighted by Gasteiger charge is -2.31. The summed E-state index contributed by atoms with van der Waals surface area (Å²) in [5.41, 5.74) is 6.21. The number of nitrogens with two attached hydrogens (primary N) is 1. The van der Waals surface area contributed by atoms with Crippen LogP contribution in [0.2, 0.25) is 0 Å². The number of hydrogen-bond acceptors (Lipinski definition) is 4. The van der Waals surface area contributed by atoms with Crippen LogP contribution in [-0.2, 0) is 0 Å². The molecule has 1 amide bonds. The largest absolute Gasteiger partial charge is 0.345 e. The van der Waals surface area contributed by atoms with E-state index in [2.05, 4.69) is 5.32 Å². The SMILES string of the molecule is CCC(CC)(CN)NC(=O)c1ccc([N+](=O)[O-])c(C)c1. The van der Waals surface area contributed by atoms with Crippen LogP contribution in [0.4, 0.5) is 5.69 Å². The molecule has 0 aliphatic heterocycles. The van der Waals surface area contributed by atoms with Crippen molar-refractivity contribution in [2.75, 3.05) is 6.54 Å². The third-order valence-electron chi connectivity index (χ3n) is 3.78. The van der Waals surface area contributed by atoms with Crippen molar-refractivity contribution in [3.63, 3.8) is 0 Å². The molecule has 6 nitrogen and oxygen atoms in total. The van der Waals surface area contributed by atoms with E-state index in [0.717, 1.165) is 12.8 Å². The van der Waals surface area contributed by atoms with Crippen molar-refractivity contribution in [1.29, 1.82) is 0 Å². The predicted octanol–water partition coefficient (Wildman–Crippen LogP) is 2.15. The molecule has 0 aliphatic rings. The lowest BCUT2D eigenvalue weighted by Crippen LogP contribution is -2.52. The highest BCUT2D eigenvalue weighted by Gasteiger charge is 2.27. The van der Waals surface area contributed by atoms with Gasteiger partial charge in [-0.1, -0.05) is 13.8 Å². The Balaban J connectivity index is 2.99. The molecule has 1 rings (SSSR count). The minimum Gasteiger partial charge on any atom is -0.345 e. The Kier molecular flexibility index (Phi) is 5.21. The monoisotopic (exact) mass is 279 g/mol. The molecule has 0 spiro atoms. The van der Waals surface area contributed by atoms with Gasteiger partial charge in [0.2, 0.25) is 0 Å². The van der Waals surface area contributed by atoms with Gasteiger partial charge in [0.25, 0.3) is 11.6 Å². The number of nitrogens with one attached hydrogen (secondary N) is 1. The Morgan fingerprint density at radius 3 is 2.40 bits per heavy atom. The number of rotatable bonds is 6. The average Bonchev–Trinajstić information content (AvgIpc) is 2.44. The van der Waals surface area contributed by atoms with Crippen LogP contribution in [0.5, 0.6) is 0 Å². The fourth-order valence-corrected chi connectivity index (χ4v) is 2.08. The summed E-state index contributed by atoms with van der Waals surface area (Å²) in [7, 11) is 0. The molecule has 0 aliphatic carbocycles. The van der Waals surface area contributed by atoms with E-state index in [4.69, 9.17) is 5.73 Å². The maximum Gasteiger partial charge on any atom is 0.272 e. The second-order valence-corrected chi connectivity index (χ2v) is 4.90. The Hall–Kier alpha value is -1.95. The van der Waals surface area contributed by atoms with Crippen molar-refractivity contribution in [2.45, 2.75) is 39.2 Å². The molecule has 0 bridgehead atoms. The predicted molar refractivity (Wildman–Crippen MR) is 77.7 cm³/mol. The summed E-state index contributed by atoms with van der Waals surface area (Å²) in [4.78, 5) is 22.5. The highest BCUT2D eigenvalue weighted by Crippen LogP contribution is 2.20. The quantitative estimate of drug-likeness (QED) is 0.615. The van der Waals surface area contributed by atoms with Gasteiger partial charge in [0.15, 0.2) is 0 Å². The lowest BCUT2D eigenvalue weighted by molar-refractivity contribution is -0.385. The molecule has 0 fully saturated rings. The molecular weight excluding hydrogens is 258 g/mol. The van der Waals surface area contributed by atoms with Crippen molar-refractivity contribution in [3.8, 4) is 0 Å². The third-order valence-corrected chi connectivity index (χ3v) is 3.78. The summed E-state index contributed by atoms with van der Waals surface area (Å²) in [6.45, 7) is 5.91. The Morgan fingerprint density at radius 2 is 2.00 bits per heavy atom. The van der Waals surface area contributed by atoms with Crippen molar-refractivity contribution in [3.05, 3.63) is 39.4 Å². The van der Waals surface area contributed by atoms with Crippen LogP contribution in [-0.4, -0.2) is 22.9 Å². The minimum atomic E-state index is -0.459. The van der Waals surface area contributed by atoms with Crippen molar-refractivity contribution >= 4 is 11.6 Å². The molecule has 0 aromatic heterocycles. The van der Waals surface area contributed by atoms with E-state index < -0.39 is 10.5 Å². The van der Waals surface area contributed by atoms with Gasteiger partial charge in [-0.15, -0.1) is 0 Å². The zero-order chi connectivity index (χ0) is 15.3. The summed E-state index contributed by atoms with van der Waals surface area (Å²) in [6, 6.07) is 4.35. The van der Waals surface area contributed by atoms with E-state index in [-0.39, 0.29) is 11.6 Å². The maximum absolute atomic E-state index is 12.2. The average molecular weight is 279 g/mol. The number of aryl methyl sites for hydroxylation is 1. The number of carbonyl (C=O) groups excluding carboxylic acids is 1. The Labute approximate surface area is 118 Å². The van der Waals surface area contributed by atoms with Crippen molar-refractivity contribution < 1.29 is 9.72 Å². The topological polar surface area (TPSA) is 98.3 Å². The Morgan fingerprint density at radius 1 is 1.40 bits per heavy atom. The molecule has 0 saturated carbocycles. The van der Waals surface area contributed by atoms with E-state index >= 15 is 0 Å². The first kappa shape index (κ1) is 16.1. The second-order valence-electron chi connectivity index (χ2n) is 4.90. The van der Waals surface area contributed by atoms with Gasteiger partial charge in [-0.05, 0) is 31.9 Å². The lowest BCUT2D eigenvalue weighted by atomic mass is 9.92. The van der Waals surface area contributed by atoms with Gasteiger partial charge in [-0.3, -0.25) is 14.9 Å². The van der Waals surface area contributed by atoms with Crippen LogP contribution in [0, 0.1) is 17.0 Å². The summed E-state index contributed by atoms with van der Waals surface area (Å²) < 4.78 is 0. The van der Waals surface area contributed by atoms with Crippen molar-refractivity contribution in [2.24, 2.45) is 5.73 Å². The number of nitro benzene ring substituents is 1. The van der Waals surface area contributed by atoms with Crippen LogP contribution >= 0.6 is 0 Å². The van der Waals surface area contributed by atoms with Gasteiger partial charge in [0.05, 0.1) is 10.5 Å². The first-order valence-electron chi connectivity index (χ1n) is 6.66. The van der Waals surface area contributed by atoms with Crippen LogP contribution in [0.25, 0.3) is 0 Å². The molecule has 110 valence electrons. The molecule has 6 heteroatoms. The normalized spacial score (nSPS) is 11.2. The molecule has 20 heavy (non-hydrogen) atoms. The molecule has 0 saturated heterocycles. The van der Waals surface area contributed by atoms with Crippen LogP contribution < -0.4 is 11.1 Å². The molecule has 1 aromatic carbocycles. The second kappa shape index (κ2) is 6.47. The van der Waals surface area contributed by atoms with E-state index in [9.17, 15) is 14.9 Å². The van der Waals surface area contributed by atoms with Gasteiger partial charge in [0, 0.05) is 23.7 Å². The molecule has 0 unspecified atom stereocenters. The smallest absolute Gasteiger partial charge is 0.272 e. The number of nitrogens with zero attached hydrogens (tertiary/aromatic N) is 1. The van der Waals surface area contributed by atoms with Gasteiger partial charge >= 0.3 is 0 Å². The molecular formula is C14H21N3O3. The fraction of sp³-hybridized carbons (Fsp3) is 0.500. The van der Waals surface area contributed by atoms with Gasteiger partial charge in [0.1, 0.15) is 0 Å². The summed E-state index contributed by atoms with van der Waals surface area (Å²) >= 11 is 0. The number of amides is 1. The summed E-state index contributed by atoms with van der Waals surface area (Å²) in [5.74, 6) is -0.253. The zero-order valence-corrected chi connectivity index (χ0v) is 12.1. The maximum atomic E-state index is 12.2. The van der Waals surface area contributed by atoms with E-state index in [1.54, 1.807) is 6.92 Å². The highest BCUT2D eigenvalue weighted by molar-refractivity contribution is 5.95. The highest BCUT2D eigenvalue weighted by atomic mass is 16.6. The number of benzene rings is 1. The fourth-order valence-electron chi connectivity index (χ4n) is 2.08. The molecule has 0 heterocycles. The number of carbonyl (C=O) groups is 1. The molecule has 0 atom stereocenters. The van der Waals surface area contributed by atoms with Gasteiger partial charge in [-0.2, -0.15) is 0 Å². The molecule has 0 radical (unpaired) electrons. The zero-order valence-electron chi connectivity index (χ0n) is 12.1. The molecule has 3 N–H and O–H groups in total. The third kappa shape index (κ3) is 3.33. The van der Waals surface area contributed by atoms with Gasteiger partial charge < -0.3 is 11.1 Å². The van der Waals surface area contributed by atoms with E-state index in [0.29, 0.717) is 17.7 Å². The summed E-state index contributed by atoms with van der Waals surface area (Å²) in [6.07, 6.45) is 1.47. The summed E-state index contributed by atoms with van der Waals surface area (Å²) in [5, 5.41) is 13.7. The standard InChI is InChI=1S/C14H21N3O3/c1-4-14(5-2,9-15)16-13(18)11-6-7-12(17(19)20)10(3)8-11/h6-8H,4-5,9,15H2,1-3H3,(H,16,18). The van der Waals surface area contributed by atoms with E-state index in [1.807, 2.05) is 13.8 Å². The molecule has 1 aromatic rings. The minimum absolute atomic E-state index is 0.0117. The Bertz CT molecular complexity index is 502. The first-order valence-corrected chi connectivity index (χ1v) is 6.66. The number of hydrogen-bond donors (Lipinski definition) is 2.